The minimum atomic E-state index is -0.225. The van der Waals surface area contributed by atoms with Crippen molar-refractivity contribution >= 4 is 11.9 Å². The van der Waals surface area contributed by atoms with Gasteiger partial charge in [-0.2, -0.15) is 0 Å². The van der Waals surface area contributed by atoms with Gasteiger partial charge in [0.15, 0.2) is 0 Å². The van der Waals surface area contributed by atoms with Gasteiger partial charge in [-0.25, -0.2) is 4.79 Å². The molecule has 0 bridgehead atoms. The molecule has 0 saturated carbocycles. The summed E-state index contributed by atoms with van der Waals surface area (Å²) in [4.78, 5) is 22.7. The third-order valence-electron chi connectivity index (χ3n) is 2.32. The van der Waals surface area contributed by atoms with Crippen LogP contribution in [0.5, 0.6) is 0 Å². The molecule has 0 unspecified atom stereocenters. The largest absolute Gasteiger partial charge is 0.350 e. The number of amides is 3. The minimum Gasteiger partial charge on any atom is -0.350 e. The Bertz CT molecular complexity index is 413. The van der Waals surface area contributed by atoms with Crippen LogP contribution in [0.15, 0.2) is 24.3 Å². The fraction of sp³-hybridized carbons (Fsp3) is 0.385. The summed E-state index contributed by atoms with van der Waals surface area (Å²) in [5.74, 6) is -0.0872. The number of hydrogen-bond donors (Lipinski definition) is 3. The predicted molar refractivity (Wildman–Crippen MR) is 70.3 cm³/mol. The van der Waals surface area contributed by atoms with E-state index in [1.807, 2.05) is 26.0 Å². The molecule has 1 aromatic carbocycles. The average molecular weight is 249 g/mol. The second-order valence-corrected chi connectivity index (χ2v) is 4.26. The summed E-state index contributed by atoms with van der Waals surface area (Å²) in [6.45, 7) is 4.27. The molecule has 18 heavy (non-hydrogen) atoms. The zero-order valence-electron chi connectivity index (χ0n) is 10.9. The molecule has 0 fully saturated rings. The molecule has 0 atom stereocenters. The monoisotopic (exact) mass is 249 g/mol. The molecule has 5 heteroatoms. The number of benzene rings is 1. The van der Waals surface area contributed by atoms with Gasteiger partial charge in [0.05, 0.1) is 0 Å². The Hall–Kier alpha value is -2.04. The van der Waals surface area contributed by atoms with Crippen LogP contribution in [-0.4, -0.2) is 25.0 Å². The van der Waals surface area contributed by atoms with Crippen molar-refractivity contribution in [3.63, 3.8) is 0 Å². The Balaban J connectivity index is 2.57. The minimum absolute atomic E-state index is 0.0872. The average Bonchev–Trinajstić information content (AvgIpc) is 2.35. The van der Waals surface area contributed by atoms with Crippen LogP contribution < -0.4 is 16.0 Å². The lowest BCUT2D eigenvalue weighted by Gasteiger charge is -2.09. The van der Waals surface area contributed by atoms with Crippen LogP contribution >= 0.6 is 0 Å². The van der Waals surface area contributed by atoms with Gasteiger partial charge in [-0.15, -0.1) is 0 Å². The van der Waals surface area contributed by atoms with Gasteiger partial charge in [-0.05, 0) is 31.5 Å². The molecule has 1 rings (SSSR count). The lowest BCUT2D eigenvalue weighted by molar-refractivity contribution is 0.0943. The van der Waals surface area contributed by atoms with Gasteiger partial charge in [0.2, 0.25) is 0 Å². The van der Waals surface area contributed by atoms with Gasteiger partial charge in [0.25, 0.3) is 5.91 Å². The van der Waals surface area contributed by atoms with Crippen LogP contribution in [0.2, 0.25) is 0 Å². The van der Waals surface area contributed by atoms with Crippen LogP contribution in [0.3, 0.4) is 0 Å². The standard InChI is InChI=1S/C13H19N3O2/c1-9(2)16-12(17)11-6-4-10(5-7-11)8-15-13(18)14-3/h4-7,9H,8H2,1-3H3,(H,16,17)(H2,14,15,18). The summed E-state index contributed by atoms with van der Waals surface area (Å²) in [5.41, 5.74) is 1.56. The van der Waals surface area contributed by atoms with Crippen molar-refractivity contribution in [2.45, 2.75) is 26.4 Å². The van der Waals surface area contributed by atoms with Crippen molar-refractivity contribution in [3.05, 3.63) is 35.4 Å². The molecule has 0 aromatic heterocycles. The van der Waals surface area contributed by atoms with E-state index in [0.29, 0.717) is 12.1 Å². The molecular formula is C13H19N3O2. The maximum Gasteiger partial charge on any atom is 0.314 e. The number of hydrogen-bond acceptors (Lipinski definition) is 2. The van der Waals surface area contributed by atoms with Crippen LogP contribution in [0.1, 0.15) is 29.8 Å². The molecule has 98 valence electrons. The highest BCUT2D eigenvalue weighted by Crippen LogP contribution is 2.04. The van der Waals surface area contributed by atoms with Crippen molar-refractivity contribution in [1.82, 2.24) is 16.0 Å². The Morgan fingerprint density at radius 3 is 2.28 bits per heavy atom. The van der Waals surface area contributed by atoms with Crippen molar-refractivity contribution in [1.29, 1.82) is 0 Å². The van der Waals surface area contributed by atoms with Gasteiger partial charge in [-0.3, -0.25) is 4.79 Å². The molecule has 1 aromatic rings. The highest BCUT2D eigenvalue weighted by molar-refractivity contribution is 5.94. The van der Waals surface area contributed by atoms with Crippen LogP contribution in [-0.2, 0) is 6.54 Å². The molecule has 3 N–H and O–H groups in total. The van der Waals surface area contributed by atoms with Crippen LogP contribution in [0, 0.1) is 0 Å². The molecule has 0 radical (unpaired) electrons. The fourth-order valence-electron chi connectivity index (χ4n) is 1.39. The topological polar surface area (TPSA) is 70.2 Å². The maximum absolute atomic E-state index is 11.7. The number of rotatable bonds is 4. The first-order valence-corrected chi connectivity index (χ1v) is 5.88. The summed E-state index contributed by atoms with van der Waals surface area (Å²) in [6.07, 6.45) is 0. The Morgan fingerprint density at radius 1 is 1.17 bits per heavy atom. The third-order valence-corrected chi connectivity index (χ3v) is 2.32. The molecule has 0 heterocycles. The van der Waals surface area contributed by atoms with E-state index in [2.05, 4.69) is 16.0 Å². The van der Waals surface area contributed by atoms with Gasteiger partial charge in [0.1, 0.15) is 0 Å². The smallest absolute Gasteiger partial charge is 0.314 e. The van der Waals surface area contributed by atoms with Crippen molar-refractivity contribution in [2.24, 2.45) is 0 Å². The first kappa shape index (κ1) is 14.0. The first-order valence-electron chi connectivity index (χ1n) is 5.88. The zero-order valence-corrected chi connectivity index (χ0v) is 10.9. The second-order valence-electron chi connectivity index (χ2n) is 4.26. The molecular weight excluding hydrogens is 230 g/mol. The molecule has 0 aliphatic rings. The maximum atomic E-state index is 11.7. The highest BCUT2D eigenvalue weighted by Gasteiger charge is 2.06. The fourth-order valence-corrected chi connectivity index (χ4v) is 1.39. The SMILES string of the molecule is CNC(=O)NCc1ccc(C(=O)NC(C)C)cc1. The van der Waals surface area contributed by atoms with Gasteiger partial charge in [-0.1, -0.05) is 12.1 Å². The van der Waals surface area contributed by atoms with E-state index in [9.17, 15) is 9.59 Å². The molecule has 0 saturated heterocycles. The number of carbonyl (C=O) groups excluding carboxylic acids is 2. The van der Waals surface area contributed by atoms with Crippen molar-refractivity contribution in [3.8, 4) is 0 Å². The van der Waals surface area contributed by atoms with Crippen LogP contribution in [0.4, 0.5) is 4.79 Å². The normalized spacial score (nSPS) is 10.0. The summed E-state index contributed by atoms with van der Waals surface area (Å²) >= 11 is 0. The van der Waals surface area contributed by atoms with Crippen molar-refractivity contribution in [2.75, 3.05) is 7.05 Å². The summed E-state index contributed by atoms with van der Waals surface area (Å²) in [7, 11) is 1.56. The number of urea groups is 1. The Kier molecular flexibility index (Phi) is 5.17. The molecule has 0 spiro atoms. The second kappa shape index (κ2) is 6.64. The van der Waals surface area contributed by atoms with Gasteiger partial charge < -0.3 is 16.0 Å². The predicted octanol–water partition coefficient (Wildman–Crippen LogP) is 1.25. The Morgan fingerprint density at radius 2 is 1.78 bits per heavy atom. The van der Waals surface area contributed by atoms with Crippen LogP contribution in [0.25, 0.3) is 0 Å². The molecule has 3 amide bonds. The van der Waals surface area contributed by atoms with Gasteiger partial charge >= 0.3 is 6.03 Å². The Labute approximate surface area is 107 Å². The molecule has 5 nitrogen and oxygen atoms in total. The van der Waals surface area contributed by atoms with Gasteiger partial charge in [0, 0.05) is 25.2 Å². The lowest BCUT2D eigenvalue weighted by atomic mass is 10.1. The zero-order chi connectivity index (χ0) is 13.5. The van der Waals surface area contributed by atoms with E-state index in [1.165, 1.54) is 0 Å². The highest BCUT2D eigenvalue weighted by atomic mass is 16.2. The van der Waals surface area contributed by atoms with E-state index >= 15 is 0 Å². The quantitative estimate of drug-likeness (QED) is 0.751. The molecule has 0 aliphatic carbocycles. The van der Waals surface area contributed by atoms with E-state index in [4.69, 9.17) is 0 Å². The summed E-state index contributed by atoms with van der Waals surface area (Å²) in [6, 6.07) is 7.04. The van der Waals surface area contributed by atoms with E-state index in [-0.39, 0.29) is 18.0 Å². The lowest BCUT2D eigenvalue weighted by Crippen LogP contribution is -2.32. The third kappa shape index (κ3) is 4.45. The van der Waals surface area contributed by atoms with E-state index < -0.39 is 0 Å². The number of nitrogens with one attached hydrogen (secondary N) is 3. The first-order chi connectivity index (χ1) is 8.52. The summed E-state index contributed by atoms with van der Waals surface area (Å²) < 4.78 is 0. The van der Waals surface area contributed by atoms with E-state index in [1.54, 1.807) is 19.2 Å². The molecule has 0 aliphatic heterocycles. The van der Waals surface area contributed by atoms with E-state index in [0.717, 1.165) is 5.56 Å². The van der Waals surface area contributed by atoms with Crippen molar-refractivity contribution < 1.29 is 9.59 Å². The number of carbonyl (C=O) groups is 2. The summed E-state index contributed by atoms with van der Waals surface area (Å²) in [5, 5.41) is 7.97.